The van der Waals surface area contributed by atoms with Crippen LogP contribution in [0.5, 0.6) is 0 Å². The summed E-state index contributed by atoms with van der Waals surface area (Å²) in [6, 6.07) is 3.15. The van der Waals surface area contributed by atoms with Crippen LogP contribution in [0.15, 0.2) is 12.2 Å². The second-order valence-corrected chi connectivity index (χ2v) is 2.57. The molecule has 0 aliphatic rings. The van der Waals surface area contributed by atoms with E-state index in [1.54, 1.807) is 12.1 Å². The molecule has 0 aliphatic heterocycles. The summed E-state index contributed by atoms with van der Waals surface area (Å²) in [6.07, 6.45) is -1.74. The molecule has 0 atom stereocenters. The van der Waals surface area contributed by atoms with Crippen LogP contribution in [0.25, 0.3) is 0 Å². The average Bonchev–Trinajstić information content (AvgIpc) is 2.27. The second kappa shape index (κ2) is 7.77. The molecule has 0 saturated carbocycles. The maximum Gasteiger partial charge on any atom is 0.397 e. The molecule has 17 heavy (non-hydrogen) atoms. The molecule has 0 heterocycles. The number of nitriles is 2. The zero-order valence-corrected chi connectivity index (χ0v) is 8.52. The molecule has 0 aromatic rings. The van der Waals surface area contributed by atoms with Crippen LogP contribution >= 0.6 is 0 Å². The Labute approximate surface area is 95.3 Å². The Bertz CT molecular complexity index is 389. The molecule has 0 aliphatic carbocycles. The number of carbonyl (C=O) groups excluding carboxylic acids is 2. The number of ether oxygens (including phenoxy) is 1. The van der Waals surface area contributed by atoms with Crippen molar-refractivity contribution >= 4 is 11.9 Å². The second-order valence-electron chi connectivity index (χ2n) is 2.57. The van der Waals surface area contributed by atoms with Crippen molar-refractivity contribution in [3.63, 3.8) is 0 Å². The normalized spacial score (nSPS) is 8.47. The third kappa shape index (κ3) is 5.85. The molecule has 0 bridgehead atoms. The summed E-state index contributed by atoms with van der Waals surface area (Å²) in [4.78, 5) is 22.9. The summed E-state index contributed by atoms with van der Waals surface area (Å²) in [5.74, 6) is -2.62. The van der Waals surface area contributed by atoms with Gasteiger partial charge in [-0.05, 0) is 0 Å². The largest absolute Gasteiger partial charge is 0.454 e. The first-order chi connectivity index (χ1) is 8.02. The van der Waals surface area contributed by atoms with Crippen molar-refractivity contribution in [3.8, 4) is 12.1 Å². The van der Waals surface area contributed by atoms with Crippen molar-refractivity contribution in [2.45, 2.75) is 0 Å². The highest BCUT2D eigenvalue weighted by Crippen LogP contribution is 1.97. The molecule has 90 valence electrons. The number of halogens is 2. The Morgan fingerprint density at radius 3 is 2.18 bits per heavy atom. The molecular weight excluding hydrogens is 236 g/mol. The van der Waals surface area contributed by atoms with E-state index in [0.717, 1.165) is 0 Å². The first-order valence-electron chi connectivity index (χ1n) is 4.24. The van der Waals surface area contributed by atoms with Gasteiger partial charge in [-0.1, -0.05) is 0 Å². The predicted octanol–water partition coefficient (Wildman–Crippen LogP) is 0.186. The molecule has 0 rings (SSSR count). The zero-order chi connectivity index (χ0) is 13.3. The lowest BCUT2D eigenvalue weighted by Gasteiger charge is -2.13. The van der Waals surface area contributed by atoms with Crippen LogP contribution in [0, 0.1) is 22.7 Å². The lowest BCUT2D eigenvalue weighted by molar-refractivity contribution is -0.158. The van der Waals surface area contributed by atoms with Crippen LogP contribution in [0.3, 0.4) is 0 Å². The van der Waals surface area contributed by atoms with Gasteiger partial charge >= 0.3 is 11.9 Å². The molecule has 6 nitrogen and oxygen atoms in total. The molecular formula is C9H7F2N3O3. The molecule has 0 aromatic heterocycles. The highest BCUT2D eigenvalue weighted by molar-refractivity contribution is 6.32. The fraction of sp³-hybridized carbons (Fsp3) is 0.333. The van der Waals surface area contributed by atoms with E-state index < -0.39 is 37.7 Å². The topological polar surface area (TPSA) is 94.2 Å². The van der Waals surface area contributed by atoms with Crippen molar-refractivity contribution in [2.75, 3.05) is 19.7 Å². The van der Waals surface area contributed by atoms with Crippen molar-refractivity contribution in [1.82, 2.24) is 4.90 Å². The fourth-order valence-corrected chi connectivity index (χ4v) is 0.741. The van der Waals surface area contributed by atoms with E-state index in [2.05, 4.69) is 4.74 Å². The lowest BCUT2D eigenvalue weighted by Crippen LogP contribution is -2.38. The van der Waals surface area contributed by atoms with Crippen LogP contribution in [-0.2, 0) is 14.3 Å². The van der Waals surface area contributed by atoms with Gasteiger partial charge in [0.1, 0.15) is 19.7 Å². The highest BCUT2D eigenvalue weighted by Gasteiger charge is 2.22. The summed E-state index contributed by atoms with van der Waals surface area (Å²) in [7, 11) is 0. The Balaban J connectivity index is 4.37. The maximum atomic E-state index is 11.6. The Hall–Kier alpha value is -2.48. The van der Waals surface area contributed by atoms with Gasteiger partial charge in [0.15, 0.2) is 0 Å². The maximum absolute atomic E-state index is 11.6. The number of rotatable bonds is 4. The highest BCUT2D eigenvalue weighted by atomic mass is 19.3. The summed E-state index contributed by atoms with van der Waals surface area (Å²) < 4.78 is 27.3. The van der Waals surface area contributed by atoms with E-state index in [1.165, 1.54) is 0 Å². The van der Waals surface area contributed by atoms with Gasteiger partial charge in [-0.3, -0.25) is 4.79 Å². The average molecular weight is 243 g/mol. The molecule has 0 N–H and O–H groups in total. The summed E-state index contributed by atoms with van der Waals surface area (Å²) in [6.45, 7) is -1.68. The fourth-order valence-electron chi connectivity index (χ4n) is 0.741. The van der Waals surface area contributed by atoms with E-state index >= 15 is 0 Å². The van der Waals surface area contributed by atoms with Gasteiger partial charge in [-0.25, -0.2) is 4.79 Å². The van der Waals surface area contributed by atoms with Crippen LogP contribution in [0.1, 0.15) is 0 Å². The number of carbonyl (C=O) groups is 2. The van der Waals surface area contributed by atoms with Crippen molar-refractivity contribution in [1.29, 1.82) is 10.5 Å². The van der Waals surface area contributed by atoms with Gasteiger partial charge in [0, 0.05) is 6.08 Å². The standard InChI is InChI=1S/C9H7F2N3O3/c10-7(11)1-6-17-9(16)8(15)14(4-2-12)5-3-13/h1H,4-6H2. The van der Waals surface area contributed by atoms with Crippen LogP contribution in [-0.4, -0.2) is 36.5 Å². The minimum Gasteiger partial charge on any atom is -0.454 e. The Morgan fingerprint density at radius 1 is 1.24 bits per heavy atom. The summed E-state index contributed by atoms with van der Waals surface area (Å²) in [5, 5.41) is 16.7. The quantitative estimate of drug-likeness (QED) is 0.399. The number of hydrogen-bond donors (Lipinski definition) is 0. The monoisotopic (exact) mass is 243 g/mol. The van der Waals surface area contributed by atoms with Crippen LogP contribution in [0.4, 0.5) is 8.78 Å². The van der Waals surface area contributed by atoms with Gasteiger partial charge in [0.25, 0.3) is 6.08 Å². The SMILES string of the molecule is N#CCN(CC#N)C(=O)C(=O)OCC=C(F)F. The Kier molecular flexibility index (Phi) is 6.63. The van der Waals surface area contributed by atoms with Crippen molar-refractivity contribution in [2.24, 2.45) is 0 Å². The smallest absolute Gasteiger partial charge is 0.397 e. The molecule has 0 fully saturated rings. The molecule has 0 unspecified atom stereocenters. The van der Waals surface area contributed by atoms with Gasteiger partial charge in [0.05, 0.1) is 12.1 Å². The van der Waals surface area contributed by atoms with E-state index in [-0.39, 0.29) is 0 Å². The predicted molar refractivity (Wildman–Crippen MR) is 49.1 cm³/mol. The van der Waals surface area contributed by atoms with E-state index in [0.29, 0.717) is 11.0 Å². The number of hydrogen-bond acceptors (Lipinski definition) is 5. The number of esters is 1. The van der Waals surface area contributed by atoms with Crippen molar-refractivity contribution in [3.05, 3.63) is 12.2 Å². The molecule has 0 aromatic carbocycles. The molecule has 0 radical (unpaired) electrons. The first kappa shape index (κ1) is 14.5. The van der Waals surface area contributed by atoms with E-state index in [1.807, 2.05) is 0 Å². The lowest BCUT2D eigenvalue weighted by atomic mass is 10.4. The summed E-state index contributed by atoms with van der Waals surface area (Å²) in [5.41, 5.74) is 0. The molecule has 0 saturated heterocycles. The third-order valence-electron chi connectivity index (χ3n) is 1.44. The van der Waals surface area contributed by atoms with Crippen LogP contribution < -0.4 is 0 Å². The number of nitrogens with zero attached hydrogens (tertiary/aromatic N) is 3. The van der Waals surface area contributed by atoms with Gasteiger partial charge < -0.3 is 9.64 Å². The van der Waals surface area contributed by atoms with E-state index in [4.69, 9.17) is 10.5 Å². The number of amides is 1. The first-order valence-corrected chi connectivity index (χ1v) is 4.24. The van der Waals surface area contributed by atoms with Crippen LogP contribution in [0.2, 0.25) is 0 Å². The van der Waals surface area contributed by atoms with Gasteiger partial charge in [0.2, 0.25) is 0 Å². The minimum atomic E-state index is -2.05. The summed E-state index contributed by atoms with van der Waals surface area (Å²) >= 11 is 0. The molecule has 8 heteroatoms. The van der Waals surface area contributed by atoms with Gasteiger partial charge in [-0.15, -0.1) is 0 Å². The van der Waals surface area contributed by atoms with E-state index in [9.17, 15) is 18.4 Å². The zero-order valence-electron chi connectivity index (χ0n) is 8.52. The van der Waals surface area contributed by atoms with Crippen molar-refractivity contribution < 1.29 is 23.1 Å². The molecule has 1 amide bonds. The third-order valence-corrected chi connectivity index (χ3v) is 1.44. The van der Waals surface area contributed by atoms with Gasteiger partial charge in [-0.2, -0.15) is 19.3 Å². The Morgan fingerprint density at radius 2 is 1.76 bits per heavy atom. The minimum absolute atomic E-state index is 0.310. The molecule has 0 spiro atoms.